The molecular weight excluding hydrogens is 266 g/mol. The number of hydrogen-bond acceptors (Lipinski definition) is 3. The highest BCUT2D eigenvalue weighted by atomic mass is 79.9. The molecule has 3 N–H and O–H groups in total. The lowest BCUT2D eigenvalue weighted by atomic mass is 10.3. The molecule has 1 heterocycles. The molecule has 0 saturated carbocycles. The summed E-state index contributed by atoms with van der Waals surface area (Å²) in [7, 11) is 0. The van der Waals surface area contributed by atoms with Crippen LogP contribution in [0.5, 0.6) is 0 Å². The van der Waals surface area contributed by atoms with E-state index >= 15 is 0 Å². The molecule has 0 radical (unpaired) electrons. The van der Waals surface area contributed by atoms with Crippen LogP contribution in [-0.4, -0.2) is 4.98 Å². The largest absolute Gasteiger partial charge is 0.340 e. The molecule has 1 aromatic heterocycles. The van der Waals surface area contributed by atoms with E-state index < -0.39 is 0 Å². The molecule has 82 valence electrons. The van der Waals surface area contributed by atoms with Crippen LogP contribution in [-0.2, 0) is 6.54 Å². The number of nitrogens with one attached hydrogen (secondary N) is 1. The van der Waals surface area contributed by atoms with Gasteiger partial charge in [-0.25, -0.2) is 4.98 Å². The van der Waals surface area contributed by atoms with Crippen LogP contribution in [0.2, 0.25) is 0 Å². The Morgan fingerprint density at radius 1 is 1.12 bits per heavy atom. The molecule has 0 fully saturated rings. The number of pyridine rings is 1. The van der Waals surface area contributed by atoms with Gasteiger partial charge < -0.3 is 11.1 Å². The second-order valence-electron chi connectivity index (χ2n) is 3.39. The third kappa shape index (κ3) is 2.81. The third-order valence-corrected chi connectivity index (χ3v) is 2.71. The summed E-state index contributed by atoms with van der Waals surface area (Å²) < 4.78 is 1.06. The van der Waals surface area contributed by atoms with Gasteiger partial charge in [0, 0.05) is 22.9 Å². The molecule has 0 bridgehead atoms. The van der Waals surface area contributed by atoms with Crippen molar-refractivity contribution in [2.24, 2.45) is 5.73 Å². The second-order valence-corrected chi connectivity index (χ2v) is 4.30. The Bertz CT molecular complexity index is 451. The molecule has 0 atom stereocenters. The van der Waals surface area contributed by atoms with E-state index in [0.29, 0.717) is 6.54 Å². The van der Waals surface area contributed by atoms with Gasteiger partial charge in [0.15, 0.2) is 0 Å². The van der Waals surface area contributed by atoms with E-state index in [4.69, 9.17) is 5.73 Å². The second kappa shape index (κ2) is 5.09. The molecule has 2 rings (SSSR count). The first kappa shape index (κ1) is 11.1. The number of hydrogen-bond donors (Lipinski definition) is 2. The Labute approximate surface area is 103 Å². The molecular formula is C12H12BrN3. The molecule has 0 aliphatic heterocycles. The molecule has 4 heteroatoms. The zero-order valence-electron chi connectivity index (χ0n) is 8.65. The van der Waals surface area contributed by atoms with E-state index in [1.54, 1.807) is 6.20 Å². The molecule has 0 spiro atoms. The van der Waals surface area contributed by atoms with Crippen molar-refractivity contribution in [2.45, 2.75) is 6.54 Å². The van der Waals surface area contributed by atoms with Crippen molar-refractivity contribution in [1.29, 1.82) is 0 Å². The molecule has 2 aromatic rings. The highest BCUT2D eigenvalue weighted by molar-refractivity contribution is 9.10. The van der Waals surface area contributed by atoms with Crippen LogP contribution in [0.4, 0.5) is 11.5 Å². The summed E-state index contributed by atoms with van der Waals surface area (Å²) in [5, 5.41) is 3.21. The first-order chi connectivity index (χ1) is 7.78. The summed E-state index contributed by atoms with van der Waals surface area (Å²) in [6, 6.07) is 11.8. The average Bonchev–Trinajstić information content (AvgIpc) is 2.33. The summed E-state index contributed by atoms with van der Waals surface area (Å²) in [6.07, 6.45) is 1.78. The Hall–Kier alpha value is -1.39. The first-order valence-corrected chi connectivity index (χ1v) is 5.75. The van der Waals surface area contributed by atoms with Crippen LogP contribution >= 0.6 is 15.9 Å². The lowest BCUT2D eigenvalue weighted by molar-refractivity contribution is 1.05. The molecule has 1 aromatic carbocycles. The quantitative estimate of drug-likeness (QED) is 0.907. The van der Waals surface area contributed by atoms with Crippen molar-refractivity contribution in [3.8, 4) is 0 Å². The fourth-order valence-corrected chi connectivity index (χ4v) is 1.56. The molecule has 0 unspecified atom stereocenters. The zero-order valence-corrected chi connectivity index (χ0v) is 10.2. The third-order valence-electron chi connectivity index (χ3n) is 2.18. The molecule has 0 saturated heterocycles. The maximum Gasteiger partial charge on any atom is 0.130 e. The van der Waals surface area contributed by atoms with E-state index in [0.717, 1.165) is 21.5 Å². The van der Waals surface area contributed by atoms with Gasteiger partial charge in [-0.3, -0.25) is 0 Å². The minimum atomic E-state index is 0.519. The van der Waals surface area contributed by atoms with E-state index in [1.165, 1.54) is 0 Å². The van der Waals surface area contributed by atoms with E-state index in [9.17, 15) is 0 Å². The van der Waals surface area contributed by atoms with Crippen LogP contribution in [0, 0.1) is 0 Å². The number of aromatic nitrogens is 1. The minimum absolute atomic E-state index is 0.519. The first-order valence-electron chi connectivity index (χ1n) is 4.95. The van der Waals surface area contributed by atoms with Crippen molar-refractivity contribution in [1.82, 2.24) is 4.98 Å². The van der Waals surface area contributed by atoms with Crippen molar-refractivity contribution < 1.29 is 0 Å². The lowest BCUT2D eigenvalue weighted by Gasteiger charge is -2.05. The van der Waals surface area contributed by atoms with E-state index in [1.807, 2.05) is 36.4 Å². The number of benzene rings is 1. The lowest BCUT2D eigenvalue weighted by Crippen LogP contribution is -1.98. The SMILES string of the molecule is NCc1ccc(Nc2ccc(Br)cc2)nc1. The predicted octanol–water partition coefficient (Wildman–Crippen LogP) is 3.05. The average molecular weight is 278 g/mol. The zero-order chi connectivity index (χ0) is 11.4. The van der Waals surface area contributed by atoms with Gasteiger partial charge in [0.2, 0.25) is 0 Å². The number of nitrogens with two attached hydrogens (primary N) is 1. The van der Waals surface area contributed by atoms with Gasteiger partial charge in [0.1, 0.15) is 5.82 Å². The maximum absolute atomic E-state index is 5.50. The summed E-state index contributed by atoms with van der Waals surface area (Å²) in [4.78, 5) is 4.26. The minimum Gasteiger partial charge on any atom is -0.340 e. The number of rotatable bonds is 3. The van der Waals surface area contributed by atoms with Crippen molar-refractivity contribution >= 4 is 27.4 Å². The summed E-state index contributed by atoms with van der Waals surface area (Å²) in [5.41, 5.74) is 7.54. The molecule has 16 heavy (non-hydrogen) atoms. The van der Waals surface area contributed by atoms with Gasteiger partial charge in [-0.05, 0) is 35.9 Å². The fourth-order valence-electron chi connectivity index (χ4n) is 1.30. The van der Waals surface area contributed by atoms with Crippen molar-refractivity contribution in [3.63, 3.8) is 0 Å². The van der Waals surface area contributed by atoms with Crippen LogP contribution in [0.15, 0.2) is 47.1 Å². The van der Waals surface area contributed by atoms with Crippen LogP contribution in [0.25, 0.3) is 0 Å². The van der Waals surface area contributed by atoms with Gasteiger partial charge in [-0.15, -0.1) is 0 Å². The fraction of sp³-hybridized carbons (Fsp3) is 0.0833. The smallest absolute Gasteiger partial charge is 0.130 e. The Morgan fingerprint density at radius 2 is 1.88 bits per heavy atom. The molecule has 0 amide bonds. The monoisotopic (exact) mass is 277 g/mol. The van der Waals surface area contributed by atoms with Gasteiger partial charge in [-0.2, -0.15) is 0 Å². The molecule has 0 aliphatic carbocycles. The highest BCUT2D eigenvalue weighted by Crippen LogP contribution is 2.17. The standard InChI is InChI=1S/C12H12BrN3/c13-10-2-4-11(5-3-10)16-12-6-1-9(7-14)8-15-12/h1-6,8H,7,14H2,(H,15,16). The Balaban J connectivity index is 2.11. The van der Waals surface area contributed by atoms with Crippen LogP contribution in [0.1, 0.15) is 5.56 Å². The number of anilines is 2. The van der Waals surface area contributed by atoms with Gasteiger partial charge in [-0.1, -0.05) is 22.0 Å². The van der Waals surface area contributed by atoms with Gasteiger partial charge in [0.25, 0.3) is 0 Å². The van der Waals surface area contributed by atoms with E-state index in [2.05, 4.69) is 26.2 Å². The number of nitrogens with zero attached hydrogens (tertiary/aromatic N) is 1. The highest BCUT2D eigenvalue weighted by Gasteiger charge is 1.96. The molecule has 3 nitrogen and oxygen atoms in total. The number of halogens is 1. The Kier molecular flexibility index (Phi) is 3.54. The normalized spacial score (nSPS) is 10.1. The van der Waals surface area contributed by atoms with Gasteiger partial charge in [0.05, 0.1) is 0 Å². The molecule has 0 aliphatic rings. The summed E-state index contributed by atoms with van der Waals surface area (Å²) in [5.74, 6) is 0.819. The maximum atomic E-state index is 5.50. The van der Waals surface area contributed by atoms with Gasteiger partial charge >= 0.3 is 0 Å². The van der Waals surface area contributed by atoms with Crippen LogP contribution in [0.3, 0.4) is 0 Å². The summed E-state index contributed by atoms with van der Waals surface area (Å²) >= 11 is 3.39. The Morgan fingerprint density at radius 3 is 2.44 bits per heavy atom. The van der Waals surface area contributed by atoms with Crippen molar-refractivity contribution in [3.05, 3.63) is 52.6 Å². The topological polar surface area (TPSA) is 50.9 Å². The van der Waals surface area contributed by atoms with Crippen LogP contribution < -0.4 is 11.1 Å². The van der Waals surface area contributed by atoms with E-state index in [-0.39, 0.29) is 0 Å². The van der Waals surface area contributed by atoms with Crippen molar-refractivity contribution in [2.75, 3.05) is 5.32 Å². The summed E-state index contributed by atoms with van der Waals surface area (Å²) in [6.45, 7) is 0.519. The predicted molar refractivity (Wildman–Crippen MR) is 69.6 cm³/mol.